The van der Waals surface area contributed by atoms with Gasteiger partial charge in [0.05, 0.1) is 6.61 Å². The van der Waals surface area contributed by atoms with E-state index in [9.17, 15) is 4.79 Å². The molecule has 0 aliphatic carbocycles. The third-order valence-electron chi connectivity index (χ3n) is 1.33. The van der Waals surface area contributed by atoms with E-state index in [0.29, 0.717) is 12.2 Å². The van der Waals surface area contributed by atoms with Gasteiger partial charge in [-0.15, -0.1) is 0 Å². The van der Waals surface area contributed by atoms with Crippen molar-refractivity contribution in [1.29, 1.82) is 0 Å². The number of carbonyl (C=O) groups excluding carboxylic acids is 1. The lowest BCUT2D eigenvalue weighted by Crippen LogP contribution is -1.90. The van der Waals surface area contributed by atoms with Crippen molar-refractivity contribution in [3.63, 3.8) is 0 Å². The molecule has 3 heteroatoms. The molecule has 1 aromatic rings. The van der Waals surface area contributed by atoms with Gasteiger partial charge in [-0.2, -0.15) is 0 Å². The van der Waals surface area contributed by atoms with Crippen LogP contribution in [0, 0.1) is 0 Å². The summed E-state index contributed by atoms with van der Waals surface area (Å²) in [4.78, 5) is 10.2. The standard InChI is InChI=1S/C9H10O2.CH4O/c1-2-11-9-5-3-8(7-10)4-6-9;1-2/h3-7H,2H2,1H3;2H,1H3. The van der Waals surface area contributed by atoms with Gasteiger partial charge in [-0.1, -0.05) is 0 Å². The Morgan fingerprint density at radius 2 is 1.85 bits per heavy atom. The highest BCUT2D eigenvalue weighted by molar-refractivity contribution is 5.74. The zero-order valence-corrected chi connectivity index (χ0v) is 7.86. The number of benzene rings is 1. The summed E-state index contributed by atoms with van der Waals surface area (Å²) < 4.78 is 5.19. The summed E-state index contributed by atoms with van der Waals surface area (Å²) in [5.74, 6) is 0.804. The van der Waals surface area contributed by atoms with E-state index >= 15 is 0 Å². The Labute approximate surface area is 78.0 Å². The van der Waals surface area contributed by atoms with Crippen LogP contribution < -0.4 is 4.74 Å². The maximum Gasteiger partial charge on any atom is 0.150 e. The van der Waals surface area contributed by atoms with Crippen molar-refractivity contribution >= 4 is 6.29 Å². The molecule has 0 unspecified atom stereocenters. The van der Waals surface area contributed by atoms with E-state index in [2.05, 4.69) is 0 Å². The number of rotatable bonds is 3. The predicted molar refractivity (Wildman–Crippen MR) is 51.1 cm³/mol. The van der Waals surface area contributed by atoms with E-state index in [-0.39, 0.29) is 0 Å². The fraction of sp³-hybridized carbons (Fsp3) is 0.300. The van der Waals surface area contributed by atoms with Crippen molar-refractivity contribution in [3.05, 3.63) is 29.8 Å². The van der Waals surface area contributed by atoms with E-state index in [1.807, 2.05) is 6.92 Å². The SMILES string of the molecule is CCOc1ccc(C=O)cc1.CO. The minimum Gasteiger partial charge on any atom is -0.494 e. The second kappa shape index (κ2) is 7.31. The quantitative estimate of drug-likeness (QED) is 0.721. The minimum absolute atomic E-state index is 0.653. The van der Waals surface area contributed by atoms with Gasteiger partial charge in [-0.05, 0) is 31.2 Å². The van der Waals surface area contributed by atoms with E-state index in [4.69, 9.17) is 9.84 Å². The van der Waals surface area contributed by atoms with Gasteiger partial charge in [0.15, 0.2) is 0 Å². The molecule has 0 saturated carbocycles. The summed E-state index contributed by atoms with van der Waals surface area (Å²) >= 11 is 0. The number of carbonyl (C=O) groups is 1. The molecular weight excluding hydrogens is 168 g/mol. The normalized spacial score (nSPS) is 8.23. The van der Waals surface area contributed by atoms with Gasteiger partial charge in [0.2, 0.25) is 0 Å². The van der Waals surface area contributed by atoms with Crippen LogP contribution in [0.25, 0.3) is 0 Å². The summed E-state index contributed by atoms with van der Waals surface area (Å²) in [6.07, 6.45) is 0.815. The third-order valence-corrected chi connectivity index (χ3v) is 1.33. The molecule has 13 heavy (non-hydrogen) atoms. The minimum atomic E-state index is 0.653. The van der Waals surface area contributed by atoms with Gasteiger partial charge in [0.25, 0.3) is 0 Å². The summed E-state index contributed by atoms with van der Waals surface area (Å²) in [7, 11) is 1.00. The van der Waals surface area contributed by atoms with Crippen molar-refractivity contribution in [1.82, 2.24) is 0 Å². The average molecular weight is 182 g/mol. The van der Waals surface area contributed by atoms with Gasteiger partial charge in [0.1, 0.15) is 12.0 Å². The number of hydrogen-bond acceptors (Lipinski definition) is 3. The van der Waals surface area contributed by atoms with Gasteiger partial charge in [0, 0.05) is 12.7 Å². The van der Waals surface area contributed by atoms with Crippen molar-refractivity contribution in [3.8, 4) is 5.75 Å². The van der Waals surface area contributed by atoms with Crippen LogP contribution in [0.2, 0.25) is 0 Å². The van der Waals surface area contributed by atoms with Gasteiger partial charge in [-0.3, -0.25) is 4.79 Å². The van der Waals surface area contributed by atoms with Crippen LogP contribution in [0.5, 0.6) is 5.75 Å². The molecule has 0 heterocycles. The number of hydrogen-bond donors (Lipinski definition) is 1. The maximum atomic E-state index is 10.2. The lowest BCUT2D eigenvalue weighted by molar-refractivity contribution is 0.112. The van der Waals surface area contributed by atoms with Gasteiger partial charge in [-0.25, -0.2) is 0 Å². The second-order valence-corrected chi connectivity index (χ2v) is 2.12. The molecular formula is C10H14O3. The van der Waals surface area contributed by atoms with Crippen LogP contribution in [-0.2, 0) is 0 Å². The van der Waals surface area contributed by atoms with E-state index in [0.717, 1.165) is 19.1 Å². The first-order valence-corrected chi connectivity index (χ1v) is 3.99. The fourth-order valence-electron chi connectivity index (χ4n) is 0.809. The van der Waals surface area contributed by atoms with Crippen molar-refractivity contribution in [2.45, 2.75) is 6.92 Å². The second-order valence-electron chi connectivity index (χ2n) is 2.12. The Kier molecular flexibility index (Phi) is 6.55. The number of aliphatic hydroxyl groups is 1. The molecule has 1 rings (SSSR count). The van der Waals surface area contributed by atoms with Crippen molar-refractivity contribution < 1.29 is 14.6 Å². The molecule has 0 aromatic heterocycles. The maximum absolute atomic E-state index is 10.2. The van der Waals surface area contributed by atoms with Gasteiger partial charge < -0.3 is 9.84 Å². The molecule has 0 fully saturated rings. The first-order valence-electron chi connectivity index (χ1n) is 3.99. The van der Waals surface area contributed by atoms with E-state index in [1.165, 1.54) is 0 Å². The summed E-state index contributed by atoms with van der Waals surface area (Å²) in [5.41, 5.74) is 0.674. The Balaban J connectivity index is 0.000000671. The molecule has 0 aliphatic rings. The molecule has 0 atom stereocenters. The molecule has 0 radical (unpaired) electrons. The Hall–Kier alpha value is -1.35. The molecule has 0 bridgehead atoms. The molecule has 0 spiro atoms. The molecule has 0 amide bonds. The topological polar surface area (TPSA) is 46.5 Å². The van der Waals surface area contributed by atoms with Crippen LogP contribution in [0.1, 0.15) is 17.3 Å². The highest BCUT2D eigenvalue weighted by Gasteiger charge is 1.91. The Morgan fingerprint density at radius 3 is 2.23 bits per heavy atom. The fourth-order valence-corrected chi connectivity index (χ4v) is 0.809. The summed E-state index contributed by atoms with van der Waals surface area (Å²) in [6, 6.07) is 7.04. The number of aliphatic hydroxyl groups excluding tert-OH is 1. The molecule has 1 aromatic carbocycles. The molecule has 1 N–H and O–H groups in total. The first-order chi connectivity index (χ1) is 6.36. The first kappa shape index (κ1) is 11.6. The zero-order valence-electron chi connectivity index (χ0n) is 7.86. The molecule has 0 saturated heterocycles. The molecule has 72 valence electrons. The van der Waals surface area contributed by atoms with Gasteiger partial charge >= 0.3 is 0 Å². The Bertz CT molecular complexity index is 228. The number of aldehydes is 1. The van der Waals surface area contributed by atoms with E-state index < -0.39 is 0 Å². The lowest BCUT2D eigenvalue weighted by Gasteiger charge is -2.00. The van der Waals surface area contributed by atoms with Crippen LogP contribution >= 0.6 is 0 Å². The van der Waals surface area contributed by atoms with Crippen LogP contribution in [0.3, 0.4) is 0 Å². The molecule has 0 aliphatic heterocycles. The largest absolute Gasteiger partial charge is 0.494 e. The van der Waals surface area contributed by atoms with Crippen LogP contribution in [0.15, 0.2) is 24.3 Å². The van der Waals surface area contributed by atoms with Crippen LogP contribution in [0.4, 0.5) is 0 Å². The number of ether oxygens (including phenoxy) is 1. The summed E-state index contributed by atoms with van der Waals surface area (Å²) in [5, 5.41) is 7.00. The zero-order chi connectivity index (χ0) is 10.1. The predicted octanol–water partition coefficient (Wildman–Crippen LogP) is 1.51. The third kappa shape index (κ3) is 4.28. The summed E-state index contributed by atoms with van der Waals surface area (Å²) in [6.45, 7) is 2.58. The Morgan fingerprint density at radius 1 is 1.31 bits per heavy atom. The van der Waals surface area contributed by atoms with E-state index in [1.54, 1.807) is 24.3 Å². The highest BCUT2D eigenvalue weighted by Crippen LogP contribution is 2.10. The van der Waals surface area contributed by atoms with Crippen LogP contribution in [-0.4, -0.2) is 25.1 Å². The average Bonchev–Trinajstić information content (AvgIpc) is 2.23. The molecule has 3 nitrogen and oxygen atoms in total. The highest BCUT2D eigenvalue weighted by atomic mass is 16.5. The van der Waals surface area contributed by atoms with Crippen molar-refractivity contribution in [2.75, 3.05) is 13.7 Å². The monoisotopic (exact) mass is 182 g/mol. The smallest absolute Gasteiger partial charge is 0.150 e. The van der Waals surface area contributed by atoms with Crippen molar-refractivity contribution in [2.24, 2.45) is 0 Å². The lowest BCUT2D eigenvalue weighted by atomic mass is 10.2.